The first-order chi connectivity index (χ1) is 6.75. The Morgan fingerprint density at radius 3 is 2.80 bits per heavy atom. The molecule has 1 aliphatic rings. The molecule has 0 amide bonds. The van der Waals surface area contributed by atoms with Crippen LogP contribution in [-0.2, 0) is 0 Å². The normalized spacial score (nSPS) is 16.7. The Morgan fingerprint density at radius 2 is 2.20 bits per heavy atom. The lowest BCUT2D eigenvalue weighted by Gasteiger charge is -2.09. The maximum absolute atomic E-state index is 5.80. The van der Waals surface area contributed by atoms with Crippen LogP contribution in [0.15, 0.2) is 24.3 Å². The molecular weight excluding hydrogens is 210 g/mol. The first kappa shape index (κ1) is 12.3. The Balaban J connectivity index is 0.00000112. The molecule has 0 heterocycles. The van der Waals surface area contributed by atoms with Gasteiger partial charge >= 0.3 is 0 Å². The van der Waals surface area contributed by atoms with Crippen LogP contribution in [0.1, 0.15) is 31.4 Å². The second kappa shape index (κ2) is 5.38. The fourth-order valence-electron chi connectivity index (χ4n) is 1.39. The molecule has 0 spiro atoms. The molecule has 0 aliphatic heterocycles. The van der Waals surface area contributed by atoms with Crippen molar-refractivity contribution in [2.75, 3.05) is 6.61 Å². The average Bonchev–Trinajstić information content (AvgIpc) is 2.99. The molecule has 2 nitrogen and oxygen atoms in total. The Bertz CT molecular complexity index is 310. The van der Waals surface area contributed by atoms with E-state index in [1.165, 1.54) is 12.8 Å². The summed E-state index contributed by atoms with van der Waals surface area (Å²) in [6, 6.07) is 8.15. The molecule has 1 saturated carbocycles. The number of rotatable bonds is 4. The van der Waals surface area contributed by atoms with Gasteiger partial charge in [0.25, 0.3) is 0 Å². The summed E-state index contributed by atoms with van der Waals surface area (Å²) in [5, 5.41) is 0. The number of hydrogen-bond donors (Lipinski definition) is 1. The van der Waals surface area contributed by atoms with Crippen molar-refractivity contribution in [2.24, 2.45) is 11.7 Å². The van der Waals surface area contributed by atoms with Gasteiger partial charge in [0.2, 0.25) is 0 Å². The lowest BCUT2D eigenvalue weighted by molar-refractivity contribution is 0.299. The minimum Gasteiger partial charge on any atom is -0.493 e. The number of halogens is 1. The fourth-order valence-corrected chi connectivity index (χ4v) is 1.39. The largest absolute Gasteiger partial charge is 0.493 e. The van der Waals surface area contributed by atoms with Crippen LogP contribution >= 0.6 is 12.4 Å². The van der Waals surface area contributed by atoms with Crippen LogP contribution in [0.2, 0.25) is 0 Å². The molecule has 0 saturated heterocycles. The van der Waals surface area contributed by atoms with E-state index in [4.69, 9.17) is 10.5 Å². The highest BCUT2D eigenvalue weighted by Gasteiger charge is 2.21. The molecule has 1 unspecified atom stereocenters. The first-order valence-corrected chi connectivity index (χ1v) is 5.24. The Morgan fingerprint density at radius 1 is 1.47 bits per heavy atom. The van der Waals surface area contributed by atoms with Crippen LogP contribution in [0.5, 0.6) is 5.75 Å². The van der Waals surface area contributed by atoms with Crippen molar-refractivity contribution in [3.05, 3.63) is 29.8 Å². The zero-order chi connectivity index (χ0) is 9.97. The van der Waals surface area contributed by atoms with Gasteiger partial charge in [0.1, 0.15) is 5.75 Å². The second-order valence-electron chi connectivity index (χ2n) is 4.12. The summed E-state index contributed by atoms with van der Waals surface area (Å²) < 4.78 is 5.67. The summed E-state index contributed by atoms with van der Waals surface area (Å²) in [6.45, 7) is 2.85. The van der Waals surface area contributed by atoms with Crippen LogP contribution in [0, 0.1) is 5.92 Å². The first-order valence-electron chi connectivity index (χ1n) is 5.24. The zero-order valence-electron chi connectivity index (χ0n) is 8.98. The van der Waals surface area contributed by atoms with Gasteiger partial charge in [-0.05, 0) is 43.4 Å². The van der Waals surface area contributed by atoms with E-state index in [2.05, 4.69) is 0 Å². The average molecular weight is 228 g/mol. The maximum atomic E-state index is 5.80. The number of benzene rings is 1. The van der Waals surface area contributed by atoms with Gasteiger partial charge in [0.15, 0.2) is 0 Å². The smallest absolute Gasteiger partial charge is 0.119 e. The molecular formula is C12H18ClNO. The van der Waals surface area contributed by atoms with E-state index < -0.39 is 0 Å². The van der Waals surface area contributed by atoms with Crippen molar-refractivity contribution in [1.29, 1.82) is 0 Å². The van der Waals surface area contributed by atoms with Gasteiger partial charge in [-0.15, -0.1) is 12.4 Å². The van der Waals surface area contributed by atoms with Crippen LogP contribution < -0.4 is 10.5 Å². The van der Waals surface area contributed by atoms with Gasteiger partial charge in [-0.25, -0.2) is 0 Å². The second-order valence-corrected chi connectivity index (χ2v) is 4.12. The van der Waals surface area contributed by atoms with E-state index in [0.29, 0.717) is 0 Å². The van der Waals surface area contributed by atoms with Crippen LogP contribution in [0.4, 0.5) is 0 Å². The van der Waals surface area contributed by atoms with Gasteiger partial charge in [-0.1, -0.05) is 12.1 Å². The van der Waals surface area contributed by atoms with E-state index in [1.807, 2.05) is 31.2 Å². The summed E-state index contributed by atoms with van der Waals surface area (Å²) in [5.74, 6) is 1.75. The topological polar surface area (TPSA) is 35.2 Å². The SMILES string of the molecule is CC(N)c1cccc(OCC2CC2)c1.Cl. The zero-order valence-corrected chi connectivity index (χ0v) is 9.80. The highest BCUT2D eigenvalue weighted by atomic mass is 35.5. The molecule has 1 fully saturated rings. The molecule has 3 heteroatoms. The minimum atomic E-state index is 0. The van der Waals surface area contributed by atoms with E-state index in [-0.39, 0.29) is 18.4 Å². The van der Waals surface area contributed by atoms with Crippen LogP contribution in [0.3, 0.4) is 0 Å². The molecule has 0 aromatic heterocycles. The van der Waals surface area contributed by atoms with Crippen molar-refractivity contribution in [3.63, 3.8) is 0 Å². The highest BCUT2D eigenvalue weighted by Crippen LogP contribution is 2.29. The van der Waals surface area contributed by atoms with Crippen molar-refractivity contribution < 1.29 is 4.74 Å². The number of hydrogen-bond acceptors (Lipinski definition) is 2. The Labute approximate surface area is 97.2 Å². The highest BCUT2D eigenvalue weighted by molar-refractivity contribution is 5.85. The molecule has 1 atom stereocenters. The summed E-state index contributed by atoms with van der Waals surface area (Å²) in [4.78, 5) is 0. The maximum Gasteiger partial charge on any atom is 0.119 e. The molecule has 84 valence electrons. The number of nitrogens with two attached hydrogens (primary N) is 1. The molecule has 1 aromatic rings. The summed E-state index contributed by atoms with van der Waals surface area (Å²) >= 11 is 0. The van der Waals surface area contributed by atoms with E-state index in [0.717, 1.165) is 23.8 Å². The molecule has 2 rings (SSSR count). The monoisotopic (exact) mass is 227 g/mol. The third kappa shape index (κ3) is 3.73. The fraction of sp³-hybridized carbons (Fsp3) is 0.500. The lowest BCUT2D eigenvalue weighted by atomic mass is 10.1. The Kier molecular flexibility index (Phi) is 4.43. The Hall–Kier alpha value is -0.730. The molecule has 0 bridgehead atoms. The van der Waals surface area contributed by atoms with E-state index >= 15 is 0 Å². The van der Waals surface area contributed by atoms with Crippen molar-refractivity contribution in [2.45, 2.75) is 25.8 Å². The summed E-state index contributed by atoms with van der Waals surface area (Å²) in [7, 11) is 0. The third-order valence-corrected chi connectivity index (χ3v) is 2.57. The molecule has 15 heavy (non-hydrogen) atoms. The quantitative estimate of drug-likeness (QED) is 0.859. The van der Waals surface area contributed by atoms with E-state index in [9.17, 15) is 0 Å². The molecule has 1 aliphatic carbocycles. The molecule has 1 aromatic carbocycles. The van der Waals surface area contributed by atoms with Crippen LogP contribution in [0.25, 0.3) is 0 Å². The van der Waals surface area contributed by atoms with Gasteiger partial charge in [0.05, 0.1) is 6.61 Å². The van der Waals surface area contributed by atoms with Gasteiger partial charge in [-0.2, -0.15) is 0 Å². The third-order valence-electron chi connectivity index (χ3n) is 2.57. The van der Waals surface area contributed by atoms with Crippen LogP contribution in [-0.4, -0.2) is 6.61 Å². The minimum absolute atomic E-state index is 0. The van der Waals surface area contributed by atoms with E-state index in [1.54, 1.807) is 0 Å². The van der Waals surface area contributed by atoms with Crippen molar-refractivity contribution >= 4 is 12.4 Å². The van der Waals surface area contributed by atoms with Gasteiger partial charge < -0.3 is 10.5 Å². The van der Waals surface area contributed by atoms with Crippen molar-refractivity contribution in [1.82, 2.24) is 0 Å². The predicted octanol–water partition coefficient (Wildman–Crippen LogP) is 2.92. The van der Waals surface area contributed by atoms with Crippen molar-refractivity contribution in [3.8, 4) is 5.75 Å². The number of ether oxygens (including phenoxy) is 1. The predicted molar refractivity (Wildman–Crippen MR) is 64.5 cm³/mol. The summed E-state index contributed by atoms with van der Waals surface area (Å²) in [5.41, 5.74) is 6.93. The lowest BCUT2D eigenvalue weighted by Crippen LogP contribution is -2.05. The molecule has 2 N–H and O–H groups in total. The van der Waals surface area contributed by atoms with Gasteiger partial charge in [0, 0.05) is 6.04 Å². The summed E-state index contributed by atoms with van der Waals surface area (Å²) in [6.07, 6.45) is 2.65. The standard InChI is InChI=1S/C12H17NO.ClH/c1-9(13)11-3-2-4-12(7-11)14-8-10-5-6-10;/h2-4,7,9-10H,5-6,8,13H2,1H3;1H. The van der Waals surface area contributed by atoms with Gasteiger partial charge in [-0.3, -0.25) is 0 Å². The molecule has 0 radical (unpaired) electrons.